The molecule has 2 rings (SSSR count). The Morgan fingerprint density at radius 3 is 1.19 bits per heavy atom. The molecule has 0 saturated carbocycles. The molecule has 2 aromatic carbocycles. The van der Waals surface area contributed by atoms with Crippen molar-refractivity contribution >= 4 is 21.6 Å². The first-order valence-electron chi connectivity index (χ1n) is 9.16. The fourth-order valence-electron chi connectivity index (χ4n) is 2.01. The minimum atomic E-state index is -0.125. The lowest BCUT2D eigenvalue weighted by Crippen LogP contribution is -2.26. The minimum Gasteiger partial charge on any atom is -0.488 e. The number of benzene rings is 2. The van der Waals surface area contributed by atoms with Gasteiger partial charge in [-0.15, -0.1) is 0 Å². The van der Waals surface area contributed by atoms with Gasteiger partial charge in [0.05, 0.1) is 0 Å². The molecule has 2 aromatic rings. The van der Waals surface area contributed by atoms with Gasteiger partial charge in [-0.25, -0.2) is 0 Å². The molecule has 0 bridgehead atoms. The summed E-state index contributed by atoms with van der Waals surface area (Å²) in [5.74, 6) is 1.84. The monoisotopic (exact) mass is 390 g/mol. The average Bonchev–Trinajstić information content (AvgIpc) is 2.62. The Labute approximate surface area is 166 Å². The van der Waals surface area contributed by atoms with Crippen LogP contribution in [0, 0.1) is 0 Å². The number of ether oxygens (including phenoxy) is 2. The van der Waals surface area contributed by atoms with Crippen LogP contribution in [-0.2, 0) is 0 Å². The minimum absolute atomic E-state index is 0.125. The molecule has 0 aliphatic rings. The van der Waals surface area contributed by atoms with Gasteiger partial charge in [0, 0.05) is 9.79 Å². The molecule has 0 atom stereocenters. The van der Waals surface area contributed by atoms with Gasteiger partial charge in [-0.1, -0.05) is 35.4 Å². The summed E-state index contributed by atoms with van der Waals surface area (Å²) >= 11 is 0. The molecule has 0 aromatic heterocycles. The highest BCUT2D eigenvalue weighted by atomic mass is 33.1. The first-order chi connectivity index (χ1) is 12.2. The zero-order chi connectivity index (χ0) is 19.2. The summed E-state index contributed by atoms with van der Waals surface area (Å²) in [6.45, 7) is 12.7. The third kappa shape index (κ3) is 6.81. The summed E-state index contributed by atoms with van der Waals surface area (Å²) in [5.41, 5.74) is -0.251. The van der Waals surface area contributed by atoms with Crippen LogP contribution in [0.3, 0.4) is 0 Å². The van der Waals surface area contributed by atoms with E-state index < -0.39 is 0 Å². The normalized spacial score (nSPS) is 12.1. The van der Waals surface area contributed by atoms with Crippen LogP contribution < -0.4 is 9.47 Å². The third-order valence-electron chi connectivity index (χ3n) is 4.37. The van der Waals surface area contributed by atoms with Gasteiger partial charge < -0.3 is 9.47 Å². The van der Waals surface area contributed by atoms with E-state index in [1.807, 2.05) is 24.3 Å². The van der Waals surface area contributed by atoms with Crippen LogP contribution in [-0.4, -0.2) is 11.2 Å². The van der Waals surface area contributed by atoms with Crippen molar-refractivity contribution in [2.75, 3.05) is 0 Å². The van der Waals surface area contributed by atoms with E-state index in [0.717, 1.165) is 24.3 Å². The molecule has 0 amide bonds. The zero-order valence-corrected chi connectivity index (χ0v) is 18.3. The first kappa shape index (κ1) is 21.0. The molecular formula is C22H30O2S2. The topological polar surface area (TPSA) is 18.5 Å². The molecule has 0 saturated heterocycles. The predicted molar refractivity (Wildman–Crippen MR) is 115 cm³/mol. The second-order valence-electron chi connectivity index (χ2n) is 7.54. The van der Waals surface area contributed by atoms with Crippen molar-refractivity contribution < 1.29 is 9.47 Å². The standard InChI is InChI=1S/C22H30O2S2/c1-7-21(3,4)23-17-9-13-19(14-10-17)25-26-20-15-11-18(12-16-20)24-22(5,6)8-2/h9-16H,7-8H2,1-6H3. The highest BCUT2D eigenvalue weighted by Crippen LogP contribution is 2.38. The van der Waals surface area contributed by atoms with Gasteiger partial charge in [0.2, 0.25) is 0 Å². The lowest BCUT2D eigenvalue weighted by atomic mass is 10.1. The molecule has 2 nitrogen and oxygen atoms in total. The maximum atomic E-state index is 6.00. The summed E-state index contributed by atoms with van der Waals surface area (Å²) in [6.07, 6.45) is 1.96. The van der Waals surface area contributed by atoms with E-state index in [1.165, 1.54) is 9.79 Å². The Kier molecular flexibility index (Phi) is 7.36. The Morgan fingerprint density at radius 2 is 0.923 bits per heavy atom. The fraction of sp³-hybridized carbons (Fsp3) is 0.455. The molecule has 26 heavy (non-hydrogen) atoms. The summed E-state index contributed by atoms with van der Waals surface area (Å²) < 4.78 is 12.0. The molecule has 0 fully saturated rings. The second-order valence-corrected chi connectivity index (χ2v) is 9.82. The number of hydrogen-bond acceptors (Lipinski definition) is 4. The molecule has 0 aliphatic carbocycles. The van der Waals surface area contributed by atoms with Gasteiger partial charge in [-0.3, -0.25) is 0 Å². The zero-order valence-electron chi connectivity index (χ0n) is 16.7. The Morgan fingerprint density at radius 1 is 0.615 bits per heavy atom. The molecule has 0 N–H and O–H groups in total. The lowest BCUT2D eigenvalue weighted by molar-refractivity contribution is 0.105. The van der Waals surface area contributed by atoms with Crippen molar-refractivity contribution in [2.24, 2.45) is 0 Å². The molecule has 0 heterocycles. The molecule has 4 heteroatoms. The van der Waals surface area contributed by atoms with Crippen molar-refractivity contribution in [1.29, 1.82) is 0 Å². The van der Waals surface area contributed by atoms with E-state index in [1.54, 1.807) is 21.6 Å². The van der Waals surface area contributed by atoms with Crippen molar-refractivity contribution in [3.8, 4) is 11.5 Å². The van der Waals surface area contributed by atoms with Crippen molar-refractivity contribution in [1.82, 2.24) is 0 Å². The van der Waals surface area contributed by atoms with Crippen LogP contribution in [0.15, 0.2) is 58.3 Å². The van der Waals surface area contributed by atoms with Crippen molar-refractivity contribution in [3.05, 3.63) is 48.5 Å². The first-order valence-corrected chi connectivity index (χ1v) is 11.3. The van der Waals surface area contributed by atoms with Gasteiger partial charge >= 0.3 is 0 Å². The van der Waals surface area contributed by atoms with Gasteiger partial charge in [0.15, 0.2) is 0 Å². The van der Waals surface area contributed by atoms with Crippen LogP contribution in [0.25, 0.3) is 0 Å². The predicted octanol–water partition coefficient (Wildman–Crippen LogP) is 7.62. The molecule has 0 radical (unpaired) electrons. The van der Waals surface area contributed by atoms with Crippen molar-refractivity contribution in [3.63, 3.8) is 0 Å². The van der Waals surface area contributed by atoms with Gasteiger partial charge in [-0.05, 0) is 89.1 Å². The highest BCUT2D eigenvalue weighted by Gasteiger charge is 2.17. The van der Waals surface area contributed by atoms with Crippen LogP contribution in [0.1, 0.15) is 54.4 Å². The summed E-state index contributed by atoms with van der Waals surface area (Å²) in [6, 6.07) is 16.6. The number of rotatable bonds is 9. The smallest absolute Gasteiger partial charge is 0.120 e. The SMILES string of the molecule is CCC(C)(C)Oc1ccc(SSc2ccc(OC(C)(C)CC)cc2)cc1. The highest BCUT2D eigenvalue weighted by molar-refractivity contribution is 8.76. The fourth-order valence-corrected chi connectivity index (χ4v) is 3.94. The van der Waals surface area contributed by atoms with Crippen LogP contribution in [0.2, 0.25) is 0 Å². The molecule has 0 aliphatic heterocycles. The third-order valence-corrected chi connectivity index (χ3v) is 6.79. The van der Waals surface area contributed by atoms with Gasteiger partial charge in [-0.2, -0.15) is 0 Å². The quantitative estimate of drug-likeness (QED) is 0.410. The molecular weight excluding hydrogens is 360 g/mol. The lowest BCUT2D eigenvalue weighted by Gasteiger charge is -2.25. The van der Waals surface area contributed by atoms with Crippen LogP contribution >= 0.6 is 21.6 Å². The second kappa shape index (κ2) is 9.09. The van der Waals surface area contributed by atoms with E-state index in [-0.39, 0.29) is 11.2 Å². The number of hydrogen-bond donors (Lipinski definition) is 0. The van der Waals surface area contributed by atoms with Crippen molar-refractivity contribution in [2.45, 2.75) is 75.4 Å². The average molecular weight is 391 g/mol. The Bertz CT molecular complexity index is 615. The summed E-state index contributed by atoms with van der Waals surface area (Å²) in [4.78, 5) is 2.42. The maximum Gasteiger partial charge on any atom is 0.120 e. The summed E-state index contributed by atoms with van der Waals surface area (Å²) in [7, 11) is 3.50. The largest absolute Gasteiger partial charge is 0.488 e. The van der Waals surface area contributed by atoms with E-state index in [9.17, 15) is 0 Å². The van der Waals surface area contributed by atoms with Crippen LogP contribution in [0.5, 0.6) is 11.5 Å². The van der Waals surface area contributed by atoms with E-state index >= 15 is 0 Å². The van der Waals surface area contributed by atoms with Gasteiger partial charge in [0.1, 0.15) is 22.7 Å². The van der Waals surface area contributed by atoms with E-state index in [0.29, 0.717) is 0 Å². The van der Waals surface area contributed by atoms with Gasteiger partial charge in [0.25, 0.3) is 0 Å². The summed E-state index contributed by atoms with van der Waals surface area (Å²) in [5, 5.41) is 0. The molecule has 0 unspecified atom stereocenters. The molecule has 0 spiro atoms. The molecule has 142 valence electrons. The van der Waals surface area contributed by atoms with E-state index in [4.69, 9.17) is 9.47 Å². The Hall–Kier alpha value is -1.26. The maximum absolute atomic E-state index is 6.00. The van der Waals surface area contributed by atoms with Crippen LogP contribution in [0.4, 0.5) is 0 Å². The Balaban J connectivity index is 1.88. The van der Waals surface area contributed by atoms with E-state index in [2.05, 4.69) is 65.8 Å².